The van der Waals surface area contributed by atoms with Gasteiger partial charge in [-0.05, 0) is 53.6 Å². The Morgan fingerprint density at radius 3 is 2.50 bits per heavy atom. The molecule has 0 saturated carbocycles. The van der Waals surface area contributed by atoms with E-state index in [9.17, 15) is 0 Å². The molecule has 0 aromatic heterocycles. The third kappa shape index (κ3) is 5.68. The molecule has 1 aliphatic heterocycles. The molecule has 150 valence electrons. The van der Waals surface area contributed by atoms with E-state index >= 15 is 0 Å². The number of nitrogens with zero attached hydrogens (tertiary/aromatic N) is 2. The zero-order chi connectivity index (χ0) is 18.5. The minimum Gasteiger partial charge on any atom is -0.379 e. The molecule has 1 saturated heterocycles. The van der Waals surface area contributed by atoms with Crippen LogP contribution < -0.4 is 11.1 Å². The van der Waals surface area contributed by atoms with E-state index in [1.54, 1.807) is 0 Å². The van der Waals surface area contributed by atoms with Crippen molar-refractivity contribution in [2.45, 2.75) is 32.4 Å². The summed E-state index contributed by atoms with van der Waals surface area (Å²) in [7, 11) is 0. The number of fused-ring (bicyclic) bond motifs is 1. The van der Waals surface area contributed by atoms with Gasteiger partial charge >= 0.3 is 0 Å². The molecule has 0 unspecified atom stereocenters. The SMILES string of the molecule is I.NC(=NCc1ccc(CN2CCOCC2)cc1)Nc1ccc2c(c1)CCC2. The Morgan fingerprint density at radius 2 is 1.71 bits per heavy atom. The molecule has 0 radical (unpaired) electrons. The van der Waals surface area contributed by atoms with Crippen LogP contribution in [0.3, 0.4) is 0 Å². The maximum Gasteiger partial charge on any atom is 0.193 e. The monoisotopic (exact) mass is 492 g/mol. The standard InChI is InChI=1S/C22H28N4O.HI/c23-22(25-21-9-8-19-2-1-3-20(19)14-21)24-15-17-4-6-18(7-5-17)16-26-10-12-27-13-11-26;/h4-9,14H,1-3,10-13,15-16H2,(H3,23,24,25);1H. The van der Waals surface area contributed by atoms with Crippen LogP contribution in [-0.2, 0) is 30.7 Å². The van der Waals surface area contributed by atoms with Gasteiger partial charge in [-0.1, -0.05) is 30.3 Å². The Kier molecular flexibility index (Phi) is 7.70. The van der Waals surface area contributed by atoms with Crippen LogP contribution in [0.1, 0.15) is 28.7 Å². The quantitative estimate of drug-likeness (QED) is 0.381. The molecule has 5 nitrogen and oxygen atoms in total. The molecule has 0 amide bonds. The van der Waals surface area contributed by atoms with Gasteiger partial charge in [0.2, 0.25) is 0 Å². The number of aliphatic imine (C=N–C) groups is 1. The highest BCUT2D eigenvalue weighted by Gasteiger charge is 2.11. The van der Waals surface area contributed by atoms with E-state index in [1.165, 1.54) is 41.5 Å². The van der Waals surface area contributed by atoms with Gasteiger partial charge in [0.05, 0.1) is 19.8 Å². The van der Waals surface area contributed by atoms with Crippen LogP contribution in [-0.4, -0.2) is 37.2 Å². The summed E-state index contributed by atoms with van der Waals surface area (Å²) in [5.74, 6) is 0.463. The summed E-state index contributed by atoms with van der Waals surface area (Å²) < 4.78 is 5.40. The number of nitrogens with two attached hydrogens (primary N) is 1. The van der Waals surface area contributed by atoms with Gasteiger partial charge in [0, 0.05) is 25.3 Å². The molecule has 1 heterocycles. The summed E-state index contributed by atoms with van der Waals surface area (Å²) in [6.45, 7) is 5.26. The zero-order valence-corrected chi connectivity index (χ0v) is 18.5. The summed E-state index contributed by atoms with van der Waals surface area (Å²) in [5.41, 5.74) is 12.5. The average molecular weight is 492 g/mol. The summed E-state index contributed by atoms with van der Waals surface area (Å²) in [6, 6.07) is 15.1. The molecule has 6 heteroatoms. The van der Waals surface area contributed by atoms with Crippen LogP contribution in [0.2, 0.25) is 0 Å². The number of benzene rings is 2. The van der Waals surface area contributed by atoms with Crippen LogP contribution in [0.4, 0.5) is 5.69 Å². The van der Waals surface area contributed by atoms with Crippen molar-refractivity contribution in [2.75, 3.05) is 31.6 Å². The first-order valence-corrected chi connectivity index (χ1v) is 9.83. The number of guanidine groups is 1. The lowest BCUT2D eigenvalue weighted by molar-refractivity contribution is 0.0342. The first-order chi connectivity index (χ1) is 13.3. The second kappa shape index (κ2) is 10.2. The van der Waals surface area contributed by atoms with Crippen molar-refractivity contribution in [3.05, 3.63) is 64.7 Å². The molecule has 2 aromatic carbocycles. The van der Waals surface area contributed by atoms with Gasteiger partial charge in [-0.2, -0.15) is 0 Å². The normalized spacial score (nSPS) is 17.1. The molecule has 2 aromatic rings. The molecule has 0 atom stereocenters. The molecule has 0 bridgehead atoms. The Balaban J connectivity index is 0.00000225. The smallest absolute Gasteiger partial charge is 0.193 e. The highest BCUT2D eigenvalue weighted by atomic mass is 127. The molecule has 0 spiro atoms. The lowest BCUT2D eigenvalue weighted by atomic mass is 10.1. The minimum absolute atomic E-state index is 0. The number of hydrogen-bond donors (Lipinski definition) is 2. The van der Waals surface area contributed by atoms with Gasteiger partial charge in [-0.3, -0.25) is 4.90 Å². The van der Waals surface area contributed by atoms with Gasteiger partial charge in [-0.15, -0.1) is 24.0 Å². The summed E-state index contributed by atoms with van der Waals surface area (Å²) >= 11 is 0. The number of ether oxygens (including phenoxy) is 1. The van der Waals surface area contributed by atoms with Crippen molar-refractivity contribution in [2.24, 2.45) is 10.7 Å². The van der Waals surface area contributed by atoms with Crippen molar-refractivity contribution >= 4 is 35.6 Å². The highest BCUT2D eigenvalue weighted by Crippen LogP contribution is 2.24. The number of nitrogens with one attached hydrogen (secondary N) is 1. The van der Waals surface area contributed by atoms with Crippen molar-refractivity contribution in [3.63, 3.8) is 0 Å². The molecule has 4 rings (SSSR count). The first-order valence-electron chi connectivity index (χ1n) is 9.83. The van der Waals surface area contributed by atoms with E-state index in [-0.39, 0.29) is 24.0 Å². The number of anilines is 1. The first kappa shape index (κ1) is 21.1. The molecule has 2 aliphatic rings. The highest BCUT2D eigenvalue weighted by molar-refractivity contribution is 14.0. The lowest BCUT2D eigenvalue weighted by Crippen LogP contribution is -2.35. The zero-order valence-electron chi connectivity index (χ0n) is 16.2. The maximum absolute atomic E-state index is 6.07. The van der Waals surface area contributed by atoms with Crippen LogP contribution in [0.5, 0.6) is 0 Å². The topological polar surface area (TPSA) is 62.9 Å². The number of rotatable bonds is 5. The predicted molar refractivity (Wildman–Crippen MR) is 125 cm³/mol. The Labute approximate surface area is 184 Å². The fraction of sp³-hybridized carbons (Fsp3) is 0.409. The van der Waals surface area contributed by atoms with Gasteiger partial charge in [0.25, 0.3) is 0 Å². The van der Waals surface area contributed by atoms with Gasteiger partial charge in [0.1, 0.15) is 0 Å². The second-order valence-electron chi connectivity index (χ2n) is 7.37. The average Bonchev–Trinajstić information content (AvgIpc) is 3.16. The van der Waals surface area contributed by atoms with E-state index in [0.717, 1.165) is 38.5 Å². The Bertz CT molecular complexity index is 801. The fourth-order valence-corrected chi connectivity index (χ4v) is 3.78. The van der Waals surface area contributed by atoms with Crippen LogP contribution in [0, 0.1) is 0 Å². The third-order valence-corrected chi connectivity index (χ3v) is 5.34. The van der Waals surface area contributed by atoms with Crippen LogP contribution in [0.15, 0.2) is 47.5 Å². The fourth-order valence-electron chi connectivity index (χ4n) is 3.78. The van der Waals surface area contributed by atoms with E-state index in [4.69, 9.17) is 10.5 Å². The summed E-state index contributed by atoms with van der Waals surface area (Å²) in [4.78, 5) is 6.91. The lowest BCUT2D eigenvalue weighted by Gasteiger charge is -2.26. The maximum atomic E-state index is 6.07. The third-order valence-electron chi connectivity index (χ3n) is 5.34. The molecular formula is C22H29IN4O. The molecule has 28 heavy (non-hydrogen) atoms. The Hall–Kier alpha value is -1.64. The number of halogens is 1. The number of hydrogen-bond acceptors (Lipinski definition) is 3. The molecule has 1 aliphatic carbocycles. The van der Waals surface area contributed by atoms with Gasteiger partial charge in [0.15, 0.2) is 5.96 Å². The summed E-state index contributed by atoms with van der Waals surface area (Å²) in [5, 5.41) is 3.22. The molecule has 1 fully saturated rings. The van der Waals surface area contributed by atoms with E-state index < -0.39 is 0 Å². The van der Waals surface area contributed by atoms with Crippen LogP contribution >= 0.6 is 24.0 Å². The van der Waals surface area contributed by atoms with Gasteiger partial charge in [-0.25, -0.2) is 4.99 Å². The van der Waals surface area contributed by atoms with E-state index in [2.05, 4.69) is 57.7 Å². The van der Waals surface area contributed by atoms with Crippen molar-refractivity contribution < 1.29 is 4.74 Å². The second-order valence-corrected chi connectivity index (χ2v) is 7.37. The molecular weight excluding hydrogens is 463 g/mol. The number of aryl methyl sites for hydroxylation is 2. The molecule has 3 N–H and O–H groups in total. The summed E-state index contributed by atoms with van der Waals surface area (Å²) in [6.07, 6.45) is 3.61. The van der Waals surface area contributed by atoms with E-state index in [1.807, 2.05) is 0 Å². The number of morpholine rings is 1. The van der Waals surface area contributed by atoms with Crippen molar-refractivity contribution in [1.29, 1.82) is 0 Å². The minimum atomic E-state index is 0. The van der Waals surface area contributed by atoms with Crippen molar-refractivity contribution in [1.82, 2.24) is 4.90 Å². The van der Waals surface area contributed by atoms with E-state index in [0.29, 0.717) is 12.5 Å². The van der Waals surface area contributed by atoms with Crippen molar-refractivity contribution in [3.8, 4) is 0 Å². The van der Waals surface area contributed by atoms with Gasteiger partial charge < -0.3 is 15.8 Å². The van der Waals surface area contributed by atoms with Crippen LogP contribution in [0.25, 0.3) is 0 Å². The predicted octanol–water partition coefficient (Wildman–Crippen LogP) is 3.55. The largest absolute Gasteiger partial charge is 0.379 e. The Morgan fingerprint density at radius 1 is 1.00 bits per heavy atom.